The number of amides is 2. The maximum Gasteiger partial charge on any atom is 0.253 e. The molecule has 0 radical (unpaired) electrons. The molecule has 1 aromatic rings. The van der Waals surface area contributed by atoms with Crippen LogP contribution >= 0.6 is 0 Å². The molecule has 4 nitrogen and oxygen atoms in total. The van der Waals surface area contributed by atoms with Crippen molar-refractivity contribution in [3.05, 3.63) is 33.8 Å². The maximum absolute atomic E-state index is 12.3. The summed E-state index contributed by atoms with van der Waals surface area (Å²) in [7, 11) is 0. The van der Waals surface area contributed by atoms with E-state index in [9.17, 15) is 9.59 Å². The lowest BCUT2D eigenvalue weighted by atomic mass is 9.86. The molecule has 1 heterocycles. The molecule has 2 aliphatic rings. The highest BCUT2D eigenvalue weighted by molar-refractivity contribution is 5.86. The zero-order valence-corrected chi connectivity index (χ0v) is 16.0. The summed E-state index contributed by atoms with van der Waals surface area (Å²) in [5.41, 5.74) is 2.36. The number of aryl methyl sites for hydroxylation is 2. The molecule has 140 valence electrons. The summed E-state index contributed by atoms with van der Waals surface area (Å²) in [5.74, 6) is 0.507. The van der Waals surface area contributed by atoms with E-state index in [1.165, 1.54) is 37.7 Å². The predicted octanol–water partition coefficient (Wildman–Crippen LogP) is 2.73. The van der Waals surface area contributed by atoms with Gasteiger partial charge in [0.15, 0.2) is 0 Å². The first kappa shape index (κ1) is 18.8. The van der Waals surface area contributed by atoms with Crippen molar-refractivity contribution in [3.8, 4) is 0 Å². The second kappa shape index (κ2) is 8.61. The third kappa shape index (κ3) is 4.80. The van der Waals surface area contributed by atoms with Crippen LogP contribution in [-0.4, -0.2) is 18.4 Å². The molecule has 0 saturated heterocycles. The lowest BCUT2D eigenvalue weighted by molar-refractivity contribution is -0.123. The Kier molecular flexibility index (Phi) is 6.23. The van der Waals surface area contributed by atoms with Gasteiger partial charge in [-0.15, -0.1) is 0 Å². The molecule has 4 heteroatoms. The second-order valence-electron chi connectivity index (χ2n) is 7.90. The van der Waals surface area contributed by atoms with E-state index in [0.29, 0.717) is 19.4 Å². The highest BCUT2D eigenvalue weighted by Crippen LogP contribution is 2.27. The summed E-state index contributed by atoms with van der Waals surface area (Å²) in [6.45, 7) is 4.64. The van der Waals surface area contributed by atoms with Gasteiger partial charge in [0.05, 0.1) is 11.3 Å². The fourth-order valence-corrected chi connectivity index (χ4v) is 4.02. The molecule has 1 unspecified atom stereocenters. The molecule has 0 bridgehead atoms. The molecule has 1 atom stereocenters. The Morgan fingerprint density at radius 2 is 1.85 bits per heavy atom. The Morgan fingerprint density at radius 3 is 2.62 bits per heavy atom. The summed E-state index contributed by atoms with van der Waals surface area (Å²) in [6.07, 6.45) is 10.8. The van der Waals surface area contributed by atoms with Crippen LogP contribution in [0.3, 0.4) is 0 Å². The molecule has 3 rings (SSSR count). The van der Waals surface area contributed by atoms with Gasteiger partial charge in [-0.25, -0.2) is 4.99 Å². The van der Waals surface area contributed by atoms with Crippen LogP contribution in [0.15, 0.2) is 17.1 Å². The minimum absolute atomic E-state index is 0.0998. The van der Waals surface area contributed by atoms with Crippen LogP contribution in [0.4, 0.5) is 0 Å². The molecule has 1 fully saturated rings. The monoisotopic (exact) mass is 354 g/mol. The van der Waals surface area contributed by atoms with Gasteiger partial charge in [-0.2, -0.15) is 0 Å². The molecule has 1 saturated carbocycles. The summed E-state index contributed by atoms with van der Waals surface area (Å²) in [4.78, 5) is 28.6. The van der Waals surface area contributed by atoms with E-state index in [0.717, 1.165) is 28.5 Å². The molecule has 1 aliphatic carbocycles. The Bertz CT molecular complexity index is 791. The van der Waals surface area contributed by atoms with Crippen molar-refractivity contribution in [1.29, 1.82) is 0 Å². The van der Waals surface area contributed by atoms with Crippen molar-refractivity contribution in [2.45, 2.75) is 65.2 Å². The predicted molar refractivity (Wildman–Crippen MR) is 103 cm³/mol. The molecule has 2 amide bonds. The molecular formula is C22H30N2O2. The molecular weight excluding hydrogens is 324 g/mol. The van der Waals surface area contributed by atoms with Gasteiger partial charge in [0.25, 0.3) is 5.91 Å². The number of hydrogen-bond acceptors (Lipinski definition) is 2. The Balaban J connectivity index is 1.48. The van der Waals surface area contributed by atoms with Crippen LogP contribution < -0.4 is 15.9 Å². The molecule has 1 N–H and O–H groups in total. The molecule has 0 aromatic heterocycles. The van der Waals surface area contributed by atoms with Crippen molar-refractivity contribution < 1.29 is 9.59 Å². The molecule has 0 spiro atoms. The Labute approximate surface area is 155 Å². The summed E-state index contributed by atoms with van der Waals surface area (Å²) >= 11 is 0. The quantitative estimate of drug-likeness (QED) is 0.854. The van der Waals surface area contributed by atoms with E-state index in [2.05, 4.69) is 23.3 Å². The normalized spacial score (nSPS) is 20.1. The first-order valence-electron chi connectivity index (χ1n) is 10.0. The number of benzene rings is 1. The number of hydrogen-bond donors (Lipinski definition) is 1. The summed E-state index contributed by atoms with van der Waals surface area (Å²) in [5, 5.41) is 4.78. The fraction of sp³-hybridized carbons (Fsp3) is 0.591. The van der Waals surface area contributed by atoms with Crippen LogP contribution in [0, 0.1) is 25.7 Å². The smallest absolute Gasteiger partial charge is 0.253 e. The van der Waals surface area contributed by atoms with Gasteiger partial charge in [0, 0.05) is 13.0 Å². The van der Waals surface area contributed by atoms with Crippen molar-refractivity contribution in [2.75, 3.05) is 6.54 Å². The summed E-state index contributed by atoms with van der Waals surface area (Å²) < 4.78 is 0. The Morgan fingerprint density at radius 1 is 1.12 bits per heavy atom. The third-order valence-corrected chi connectivity index (χ3v) is 5.85. The van der Waals surface area contributed by atoms with Crippen LogP contribution in [0.2, 0.25) is 0 Å². The van der Waals surface area contributed by atoms with E-state index >= 15 is 0 Å². The van der Waals surface area contributed by atoms with Gasteiger partial charge in [-0.1, -0.05) is 38.2 Å². The fourth-order valence-electron chi connectivity index (χ4n) is 4.02. The standard InChI is InChI=1S/C22H30N2O2/c1-15-12-19-14-18(22(26)24-20(19)13-16(15)2)10-11-23-21(25)9-8-17-6-4-3-5-7-17/h12-14,17-18H,3-11H2,1-2H3,(H,23,25). The number of nitrogens with one attached hydrogen (secondary N) is 1. The molecule has 1 aromatic carbocycles. The Hall–Kier alpha value is -1.97. The van der Waals surface area contributed by atoms with Gasteiger partial charge < -0.3 is 5.32 Å². The zero-order valence-electron chi connectivity index (χ0n) is 16.0. The van der Waals surface area contributed by atoms with Crippen molar-refractivity contribution in [3.63, 3.8) is 0 Å². The first-order valence-corrected chi connectivity index (χ1v) is 10.0. The topological polar surface area (TPSA) is 58.5 Å². The number of fused-ring (bicyclic) bond motifs is 1. The second-order valence-corrected chi connectivity index (χ2v) is 7.90. The average molecular weight is 354 g/mol. The summed E-state index contributed by atoms with van der Waals surface area (Å²) in [6, 6.07) is 4.07. The molecule has 26 heavy (non-hydrogen) atoms. The third-order valence-electron chi connectivity index (χ3n) is 5.85. The lowest BCUT2D eigenvalue weighted by Crippen LogP contribution is -2.36. The lowest BCUT2D eigenvalue weighted by Gasteiger charge is -2.21. The van der Waals surface area contributed by atoms with Gasteiger partial charge in [0.1, 0.15) is 0 Å². The van der Waals surface area contributed by atoms with Gasteiger partial charge in [0.2, 0.25) is 5.91 Å². The highest BCUT2D eigenvalue weighted by Gasteiger charge is 2.19. The van der Waals surface area contributed by atoms with Crippen LogP contribution in [0.5, 0.6) is 0 Å². The van der Waals surface area contributed by atoms with Gasteiger partial charge >= 0.3 is 0 Å². The van der Waals surface area contributed by atoms with E-state index in [4.69, 9.17) is 0 Å². The van der Waals surface area contributed by atoms with Crippen molar-refractivity contribution >= 4 is 17.9 Å². The van der Waals surface area contributed by atoms with Crippen molar-refractivity contribution in [1.82, 2.24) is 5.32 Å². The number of nitrogens with zero attached hydrogens (tertiary/aromatic N) is 1. The van der Waals surface area contributed by atoms with E-state index in [-0.39, 0.29) is 17.7 Å². The largest absolute Gasteiger partial charge is 0.356 e. The highest BCUT2D eigenvalue weighted by atomic mass is 16.2. The van der Waals surface area contributed by atoms with E-state index < -0.39 is 0 Å². The van der Waals surface area contributed by atoms with E-state index in [1.54, 1.807) is 0 Å². The minimum Gasteiger partial charge on any atom is -0.356 e. The van der Waals surface area contributed by atoms with Crippen LogP contribution in [0.1, 0.15) is 62.5 Å². The van der Waals surface area contributed by atoms with E-state index in [1.807, 2.05) is 19.1 Å². The van der Waals surface area contributed by atoms with Crippen molar-refractivity contribution in [2.24, 2.45) is 16.8 Å². The van der Waals surface area contributed by atoms with Gasteiger partial charge in [-0.3, -0.25) is 9.59 Å². The number of rotatable bonds is 6. The zero-order chi connectivity index (χ0) is 18.5. The number of carbonyl (C=O) groups excluding carboxylic acids is 2. The SMILES string of the molecule is Cc1cc2c(cc1C)=NC(=O)C(CCNC(=O)CCC1CCCCC1)C=2. The number of carbonyl (C=O) groups is 2. The van der Waals surface area contributed by atoms with Crippen LogP contribution in [0.25, 0.3) is 6.08 Å². The van der Waals surface area contributed by atoms with Crippen LogP contribution in [-0.2, 0) is 9.59 Å². The van der Waals surface area contributed by atoms with Gasteiger partial charge in [-0.05, 0) is 61.1 Å². The first-order chi connectivity index (χ1) is 12.5. The minimum atomic E-state index is -0.233. The average Bonchev–Trinajstić information content (AvgIpc) is 2.63. The molecule has 1 aliphatic heterocycles. The maximum atomic E-state index is 12.3.